The largest absolute Gasteiger partial charge is 0.325 e. The van der Waals surface area contributed by atoms with Crippen LogP contribution in [0.25, 0.3) is 27.5 Å². The Hall–Kier alpha value is -1.75. The van der Waals surface area contributed by atoms with E-state index in [-0.39, 0.29) is 5.41 Å². The second-order valence-corrected chi connectivity index (χ2v) is 8.48. The molecule has 1 N–H and O–H groups in total. The molecule has 2 nitrogen and oxygen atoms in total. The predicted octanol–water partition coefficient (Wildman–Crippen LogP) is 6.05. The van der Waals surface area contributed by atoms with Crippen LogP contribution in [-0.2, 0) is 5.41 Å². The van der Waals surface area contributed by atoms with E-state index in [9.17, 15) is 4.55 Å². The number of thiophene rings is 1. The van der Waals surface area contributed by atoms with Crippen LogP contribution >= 0.6 is 23.4 Å². The van der Waals surface area contributed by atoms with Crippen molar-refractivity contribution in [1.82, 2.24) is 4.57 Å². The molecule has 0 atom stereocenters. The summed E-state index contributed by atoms with van der Waals surface area (Å²) in [7, 11) is 0. The fourth-order valence-corrected chi connectivity index (χ4v) is 5.47. The molecule has 0 bridgehead atoms. The number of rotatable bonds is 1. The van der Waals surface area contributed by atoms with Gasteiger partial charge in [-0.2, -0.15) is 0 Å². The fourth-order valence-electron chi connectivity index (χ4n) is 3.91. The van der Waals surface area contributed by atoms with Gasteiger partial charge in [0.05, 0.1) is 20.9 Å². The normalized spacial score (nSPS) is 15.3. The van der Waals surface area contributed by atoms with Crippen molar-refractivity contribution in [1.29, 1.82) is 0 Å². The lowest BCUT2D eigenvalue weighted by molar-refractivity contribution is 0.646. The minimum absolute atomic E-state index is 0.0577. The van der Waals surface area contributed by atoms with Crippen molar-refractivity contribution in [3.05, 3.63) is 59.0 Å². The van der Waals surface area contributed by atoms with Crippen molar-refractivity contribution in [3.8, 4) is 5.69 Å². The molecule has 3 heterocycles. The van der Waals surface area contributed by atoms with Crippen LogP contribution < -0.4 is 0 Å². The molecule has 1 aliphatic rings. The summed E-state index contributed by atoms with van der Waals surface area (Å²) in [6, 6.07) is 17.3. The van der Waals surface area contributed by atoms with Gasteiger partial charge in [0, 0.05) is 33.1 Å². The van der Waals surface area contributed by atoms with E-state index >= 15 is 0 Å². The Kier molecular flexibility index (Phi) is 2.62. The lowest BCUT2D eigenvalue weighted by Gasteiger charge is -2.32. The Bertz CT molecular complexity index is 1090. The van der Waals surface area contributed by atoms with E-state index in [1.54, 1.807) is 11.3 Å². The summed E-state index contributed by atoms with van der Waals surface area (Å²) >= 11 is 2.54. The van der Waals surface area contributed by atoms with Crippen molar-refractivity contribution < 1.29 is 4.55 Å². The van der Waals surface area contributed by atoms with Crippen molar-refractivity contribution in [2.45, 2.75) is 23.5 Å². The molecular formula is C19H15NOS2. The summed E-state index contributed by atoms with van der Waals surface area (Å²) in [5.74, 6) is 0. The number of para-hydroxylation sites is 2. The molecule has 114 valence electrons. The molecule has 0 spiro atoms. The van der Waals surface area contributed by atoms with Crippen LogP contribution in [0.4, 0.5) is 0 Å². The minimum Gasteiger partial charge on any atom is -0.325 e. The number of aromatic nitrogens is 1. The van der Waals surface area contributed by atoms with Crippen LogP contribution in [0.15, 0.2) is 52.7 Å². The lowest BCUT2D eigenvalue weighted by Crippen LogP contribution is -2.24. The summed E-state index contributed by atoms with van der Waals surface area (Å²) in [6.45, 7) is 4.56. The highest BCUT2D eigenvalue weighted by Gasteiger charge is 2.36. The van der Waals surface area contributed by atoms with Crippen molar-refractivity contribution in [2.75, 3.05) is 0 Å². The monoisotopic (exact) mass is 337 g/mol. The third kappa shape index (κ3) is 1.58. The van der Waals surface area contributed by atoms with E-state index in [4.69, 9.17) is 0 Å². The number of hydrogen-bond donors (Lipinski definition) is 1. The van der Waals surface area contributed by atoms with E-state index in [0.717, 1.165) is 16.3 Å². The van der Waals surface area contributed by atoms with E-state index < -0.39 is 0 Å². The maximum absolute atomic E-state index is 9.55. The quantitative estimate of drug-likeness (QED) is 0.428. The molecule has 23 heavy (non-hydrogen) atoms. The summed E-state index contributed by atoms with van der Waals surface area (Å²) in [4.78, 5) is 1.32. The molecule has 4 aromatic rings. The first-order valence-corrected chi connectivity index (χ1v) is 9.20. The highest BCUT2D eigenvalue weighted by molar-refractivity contribution is 7.95. The first-order chi connectivity index (χ1) is 11.1. The first kappa shape index (κ1) is 13.7. The third-order valence-corrected chi connectivity index (χ3v) is 6.97. The van der Waals surface area contributed by atoms with Gasteiger partial charge in [-0.3, -0.25) is 0 Å². The van der Waals surface area contributed by atoms with Crippen molar-refractivity contribution >= 4 is 45.2 Å². The van der Waals surface area contributed by atoms with Crippen LogP contribution in [0, 0.1) is 0 Å². The summed E-state index contributed by atoms with van der Waals surface area (Å²) in [5.41, 5.74) is 5.05. The average molecular weight is 337 g/mol. The van der Waals surface area contributed by atoms with E-state index in [1.807, 2.05) is 0 Å². The Morgan fingerprint density at radius 1 is 1.04 bits per heavy atom. The molecule has 2 aromatic carbocycles. The number of nitrogens with zero attached hydrogens (tertiary/aromatic N) is 1. The zero-order valence-electron chi connectivity index (χ0n) is 12.8. The molecule has 0 fully saturated rings. The van der Waals surface area contributed by atoms with E-state index in [2.05, 4.69) is 66.9 Å². The van der Waals surface area contributed by atoms with Crippen LogP contribution in [0.2, 0.25) is 0 Å². The molecule has 2 aromatic heterocycles. The molecule has 4 heteroatoms. The maximum Gasteiger partial charge on any atom is 0.0898 e. The fraction of sp³-hybridized carbons (Fsp3) is 0.158. The molecule has 0 radical (unpaired) electrons. The van der Waals surface area contributed by atoms with Crippen LogP contribution in [0.3, 0.4) is 0 Å². The maximum atomic E-state index is 9.55. The van der Waals surface area contributed by atoms with E-state index in [0.29, 0.717) is 0 Å². The zero-order chi connectivity index (χ0) is 15.8. The molecule has 0 amide bonds. The molecule has 0 saturated carbocycles. The predicted molar refractivity (Wildman–Crippen MR) is 99.3 cm³/mol. The number of hydrogen-bond acceptors (Lipinski definition) is 3. The van der Waals surface area contributed by atoms with Gasteiger partial charge in [-0.05, 0) is 17.7 Å². The second kappa shape index (κ2) is 4.41. The zero-order valence-corrected chi connectivity index (χ0v) is 14.5. The van der Waals surface area contributed by atoms with E-state index in [1.165, 1.54) is 37.9 Å². The summed E-state index contributed by atoms with van der Waals surface area (Å²) in [5, 5.41) is 2.60. The number of benzene rings is 2. The Labute approximate surface area is 142 Å². The van der Waals surface area contributed by atoms with Gasteiger partial charge in [0.2, 0.25) is 0 Å². The van der Waals surface area contributed by atoms with Gasteiger partial charge in [0.25, 0.3) is 0 Å². The average Bonchev–Trinajstić information content (AvgIpc) is 3.13. The van der Waals surface area contributed by atoms with Crippen molar-refractivity contribution in [3.63, 3.8) is 0 Å². The Morgan fingerprint density at radius 2 is 1.83 bits per heavy atom. The first-order valence-electron chi connectivity index (χ1n) is 7.61. The van der Waals surface area contributed by atoms with Gasteiger partial charge in [-0.1, -0.05) is 50.2 Å². The minimum atomic E-state index is -0.0577. The SMILES string of the molecule is CC1(C)c2sc(SO)cc2-n2c3ccccc3c3cccc1c32. The smallest absolute Gasteiger partial charge is 0.0898 e. The van der Waals surface area contributed by atoms with Crippen LogP contribution in [0.5, 0.6) is 0 Å². The van der Waals surface area contributed by atoms with Crippen molar-refractivity contribution in [2.24, 2.45) is 0 Å². The van der Waals surface area contributed by atoms with Gasteiger partial charge in [0.1, 0.15) is 0 Å². The van der Waals surface area contributed by atoms with Gasteiger partial charge in [0.15, 0.2) is 0 Å². The topological polar surface area (TPSA) is 25.2 Å². The third-order valence-electron chi connectivity index (χ3n) is 4.96. The molecule has 0 aliphatic carbocycles. The highest BCUT2D eigenvalue weighted by Crippen LogP contribution is 2.51. The lowest BCUT2D eigenvalue weighted by atomic mass is 9.79. The second-order valence-electron chi connectivity index (χ2n) is 6.55. The Morgan fingerprint density at radius 3 is 2.65 bits per heavy atom. The molecule has 1 aliphatic heterocycles. The summed E-state index contributed by atoms with van der Waals surface area (Å²) < 4.78 is 12.9. The molecule has 0 saturated heterocycles. The standard InChI is InChI=1S/C19H15NOS2/c1-19(2)13-8-5-7-12-11-6-3-4-9-14(11)20(17(12)13)15-10-16(23-21)22-18(15)19/h3-10,21H,1-2H3. The summed E-state index contributed by atoms with van der Waals surface area (Å²) in [6.07, 6.45) is 0. The van der Waals surface area contributed by atoms with Crippen LogP contribution in [-0.4, -0.2) is 9.12 Å². The van der Waals surface area contributed by atoms with Gasteiger partial charge in [-0.15, -0.1) is 11.3 Å². The number of fused-ring (bicyclic) bond motifs is 5. The molecular weight excluding hydrogens is 322 g/mol. The highest BCUT2D eigenvalue weighted by atomic mass is 32.2. The molecule has 0 unspecified atom stereocenters. The van der Waals surface area contributed by atoms with Crippen LogP contribution in [0.1, 0.15) is 24.3 Å². The van der Waals surface area contributed by atoms with Gasteiger partial charge < -0.3 is 9.12 Å². The van der Waals surface area contributed by atoms with Gasteiger partial charge in [-0.25, -0.2) is 0 Å². The van der Waals surface area contributed by atoms with Gasteiger partial charge >= 0.3 is 0 Å². The molecule has 5 rings (SSSR count). The Balaban J connectivity index is 2.08.